The highest BCUT2D eigenvalue weighted by Gasteiger charge is 2.08. The third-order valence-corrected chi connectivity index (χ3v) is 4.33. The van der Waals surface area contributed by atoms with E-state index < -0.39 is 0 Å². The van der Waals surface area contributed by atoms with Crippen LogP contribution in [-0.4, -0.2) is 0 Å². The van der Waals surface area contributed by atoms with Gasteiger partial charge in [0, 0.05) is 10.0 Å². The normalized spacial score (nSPS) is 10.3. The molecule has 0 saturated heterocycles. The van der Waals surface area contributed by atoms with E-state index in [1.54, 1.807) is 0 Å². The molecule has 0 aliphatic heterocycles. The van der Waals surface area contributed by atoms with Crippen LogP contribution in [0.4, 0.5) is 0 Å². The van der Waals surface area contributed by atoms with Crippen molar-refractivity contribution < 1.29 is 4.74 Å². The summed E-state index contributed by atoms with van der Waals surface area (Å²) in [5, 5.41) is 2.58. The van der Waals surface area contributed by atoms with Crippen LogP contribution in [0.5, 0.6) is 5.75 Å². The molecule has 3 heteroatoms. The molecular weight excluding hydrogens is 350 g/mol. The molecule has 3 aromatic rings. The number of fused-ring (bicyclic) bond motifs is 1. The van der Waals surface area contributed by atoms with Gasteiger partial charge in [-0.25, -0.2) is 0 Å². The van der Waals surface area contributed by atoms with Gasteiger partial charge in [-0.15, -0.1) is 0 Å². The molecule has 0 radical (unpaired) electrons. The summed E-state index contributed by atoms with van der Waals surface area (Å²) < 4.78 is 7.20. The standard InChI is InChI=1S/C20H19BrO.H3N/c1-2-5-19-18-7-4-3-6-16(18)10-13-20(19)22-14-15-8-11-17(21)12-9-15;/h3-4,6-13H,2,5,14H2,1H3;1H3. The van der Waals surface area contributed by atoms with E-state index in [1.165, 1.54) is 21.9 Å². The topological polar surface area (TPSA) is 44.2 Å². The van der Waals surface area contributed by atoms with Gasteiger partial charge < -0.3 is 10.9 Å². The second-order valence-corrected chi connectivity index (χ2v) is 6.34. The van der Waals surface area contributed by atoms with E-state index in [0.29, 0.717) is 6.61 Å². The molecule has 0 unspecified atom stereocenters. The Morgan fingerprint density at radius 1 is 0.913 bits per heavy atom. The maximum Gasteiger partial charge on any atom is 0.123 e. The predicted molar refractivity (Wildman–Crippen MR) is 101 cm³/mol. The van der Waals surface area contributed by atoms with Crippen molar-refractivity contribution >= 4 is 26.7 Å². The zero-order valence-corrected chi connectivity index (χ0v) is 15.0. The molecule has 0 bridgehead atoms. The Morgan fingerprint density at radius 3 is 2.39 bits per heavy atom. The molecule has 3 aromatic carbocycles. The molecule has 0 spiro atoms. The highest BCUT2D eigenvalue weighted by atomic mass is 79.9. The van der Waals surface area contributed by atoms with Crippen molar-refractivity contribution in [3.8, 4) is 5.75 Å². The fourth-order valence-electron chi connectivity index (χ4n) is 2.70. The van der Waals surface area contributed by atoms with Crippen molar-refractivity contribution in [1.82, 2.24) is 6.15 Å². The number of hydrogen-bond acceptors (Lipinski definition) is 2. The Kier molecular flexibility index (Phi) is 6.20. The third-order valence-electron chi connectivity index (χ3n) is 3.81. The fraction of sp³-hybridized carbons (Fsp3) is 0.200. The van der Waals surface area contributed by atoms with E-state index in [9.17, 15) is 0 Å². The van der Waals surface area contributed by atoms with Gasteiger partial charge in [-0.1, -0.05) is 71.7 Å². The molecule has 0 fully saturated rings. The molecule has 0 amide bonds. The van der Waals surface area contributed by atoms with Crippen LogP contribution in [-0.2, 0) is 13.0 Å². The van der Waals surface area contributed by atoms with E-state index in [2.05, 4.69) is 71.4 Å². The summed E-state index contributed by atoms with van der Waals surface area (Å²) in [7, 11) is 0. The van der Waals surface area contributed by atoms with Crippen LogP contribution in [0.15, 0.2) is 65.1 Å². The lowest BCUT2D eigenvalue weighted by molar-refractivity contribution is 0.303. The first kappa shape index (κ1) is 17.5. The first-order chi connectivity index (χ1) is 10.8. The Labute approximate surface area is 146 Å². The molecule has 0 aliphatic rings. The van der Waals surface area contributed by atoms with Gasteiger partial charge in [-0.05, 0) is 41.0 Å². The minimum Gasteiger partial charge on any atom is -0.489 e. The van der Waals surface area contributed by atoms with Crippen LogP contribution >= 0.6 is 15.9 Å². The van der Waals surface area contributed by atoms with Gasteiger partial charge in [0.05, 0.1) is 0 Å². The van der Waals surface area contributed by atoms with Crippen LogP contribution in [0.25, 0.3) is 10.8 Å². The second-order valence-electron chi connectivity index (χ2n) is 5.43. The molecule has 0 aromatic heterocycles. The van der Waals surface area contributed by atoms with Crippen LogP contribution in [0.2, 0.25) is 0 Å². The lowest BCUT2D eigenvalue weighted by Gasteiger charge is -2.14. The molecule has 2 nitrogen and oxygen atoms in total. The Morgan fingerprint density at radius 2 is 1.65 bits per heavy atom. The van der Waals surface area contributed by atoms with Gasteiger partial charge >= 0.3 is 0 Å². The van der Waals surface area contributed by atoms with Gasteiger partial charge in [0.1, 0.15) is 12.4 Å². The van der Waals surface area contributed by atoms with Gasteiger partial charge in [0.25, 0.3) is 0 Å². The highest BCUT2D eigenvalue weighted by molar-refractivity contribution is 9.10. The lowest BCUT2D eigenvalue weighted by Crippen LogP contribution is -1.99. The smallest absolute Gasteiger partial charge is 0.123 e. The maximum atomic E-state index is 6.11. The maximum absolute atomic E-state index is 6.11. The van der Waals surface area contributed by atoms with E-state index >= 15 is 0 Å². The average molecular weight is 372 g/mol. The van der Waals surface area contributed by atoms with Crippen molar-refractivity contribution in [2.75, 3.05) is 0 Å². The first-order valence-electron chi connectivity index (χ1n) is 7.66. The van der Waals surface area contributed by atoms with Crippen molar-refractivity contribution in [3.05, 3.63) is 76.3 Å². The minimum atomic E-state index is 0. The molecule has 3 N–H and O–H groups in total. The Bertz CT molecular complexity index is 768. The molecule has 0 heterocycles. The molecule has 0 saturated carbocycles. The number of benzene rings is 3. The first-order valence-corrected chi connectivity index (χ1v) is 8.45. The van der Waals surface area contributed by atoms with Gasteiger partial charge in [-0.3, -0.25) is 0 Å². The zero-order chi connectivity index (χ0) is 15.4. The molecule has 0 aliphatic carbocycles. The summed E-state index contributed by atoms with van der Waals surface area (Å²) in [6.45, 7) is 2.81. The summed E-state index contributed by atoms with van der Waals surface area (Å²) in [5.74, 6) is 1.00. The van der Waals surface area contributed by atoms with Crippen LogP contribution in [0, 0.1) is 0 Å². The predicted octanol–water partition coefficient (Wildman–Crippen LogP) is 6.30. The van der Waals surface area contributed by atoms with E-state index in [-0.39, 0.29) is 6.15 Å². The number of aryl methyl sites for hydroxylation is 1. The highest BCUT2D eigenvalue weighted by Crippen LogP contribution is 2.30. The minimum absolute atomic E-state index is 0. The number of rotatable bonds is 5. The lowest BCUT2D eigenvalue weighted by atomic mass is 10.00. The Balaban J connectivity index is 0.00000192. The molecular formula is C20H22BrNO. The van der Waals surface area contributed by atoms with Crippen molar-refractivity contribution in [3.63, 3.8) is 0 Å². The van der Waals surface area contributed by atoms with E-state index in [0.717, 1.165) is 23.1 Å². The van der Waals surface area contributed by atoms with Crippen molar-refractivity contribution in [1.29, 1.82) is 0 Å². The summed E-state index contributed by atoms with van der Waals surface area (Å²) in [6.07, 6.45) is 2.15. The molecule has 0 atom stereocenters. The Hall–Kier alpha value is -1.84. The second kappa shape index (κ2) is 8.14. The largest absolute Gasteiger partial charge is 0.489 e. The third kappa shape index (κ3) is 4.12. The SMILES string of the molecule is CCCc1c(OCc2ccc(Br)cc2)ccc2ccccc12.N. The number of ether oxygens (including phenoxy) is 1. The summed E-state index contributed by atoms with van der Waals surface area (Å²) in [4.78, 5) is 0. The van der Waals surface area contributed by atoms with Crippen LogP contribution in [0.3, 0.4) is 0 Å². The zero-order valence-electron chi connectivity index (χ0n) is 13.4. The quantitative estimate of drug-likeness (QED) is 0.571. The van der Waals surface area contributed by atoms with Crippen molar-refractivity contribution in [2.45, 2.75) is 26.4 Å². The summed E-state index contributed by atoms with van der Waals surface area (Å²) in [6, 6.07) is 21.0. The monoisotopic (exact) mass is 371 g/mol. The summed E-state index contributed by atoms with van der Waals surface area (Å²) in [5.41, 5.74) is 2.50. The van der Waals surface area contributed by atoms with Gasteiger partial charge in [0.15, 0.2) is 0 Å². The van der Waals surface area contributed by atoms with Crippen LogP contribution in [0.1, 0.15) is 24.5 Å². The van der Waals surface area contributed by atoms with Gasteiger partial charge in [-0.2, -0.15) is 0 Å². The molecule has 3 rings (SSSR count). The molecule has 23 heavy (non-hydrogen) atoms. The van der Waals surface area contributed by atoms with Gasteiger partial charge in [0.2, 0.25) is 0 Å². The van der Waals surface area contributed by atoms with E-state index in [4.69, 9.17) is 4.74 Å². The fourth-order valence-corrected chi connectivity index (χ4v) is 2.97. The summed E-state index contributed by atoms with van der Waals surface area (Å²) >= 11 is 3.46. The van der Waals surface area contributed by atoms with Crippen molar-refractivity contribution in [2.24, 2.45) is 0 Å². The number of hydrogen-bond donors (Lipinski definition) is 1. The van der Waals surface area contributed by atoms with E-state index in [1.807, 2.05) is 12.1 Å². The van der Waals surface area contributed by atoms with Crippen LogP contribution < -0.4 is 10.9 Å². The number of halogens is 1. The average Bonchev–Trinajstić information content (AvgIpc) is 2.56. The molecule has 120 valence electrons.